The molecule has 2 heterocycles. The lowest BCUT2D eigenvalue weighted by Gasteiger charge is -2.57. The molecule has 3 aliphatic rings. The molecule has 0 aromatic rings. The Balaban J connectivity index is 1.27. The molecule has 1 saturated carbocycles. The van der Waals surface area contributed by atoms with Crippen LogP contribution in [0.1, 0.15) is 118 Å². The first-order chi connectivity index (χ1) is 18.9. The van der Waals surface area contributed by atoms with Gasteiger partial charge in [0, 0.05) is 19.0 Å². The molecular formula is C31H57NO6S. The van der Waals surface area contributed by atoms with E-state index < -0.39 is 11.9 Å². The summed E-state index contributed by atoms with van der Waals surface area (Å²) in [4.78, 5) is 19.0. The van der Waals surface area contributed by atoms with Crippen molar-refractivity contribution < 1.29 is 29.1 Å². The van der Waals surface area contributed by atoms with Crippen molar-refractivity contribution in [3.63, 3.8) is 0 Å². The molecule has 0 aromatic heterocycles. The van der Waals surface area contributed by atoms with Gasteiger partial charge in [-0.05, 0) is 82.8 Å². The highest BCUT2D eigenvalue weighted by atomic mass is 32.2. The van der Waals surface area contributed by atoms with Crippen molar-refractivity contribution in [1.29, 1.82) is 0 Å². The number of hydrogen-bond acceptors (Lipinski definition) is 7. The summed E-state index contributed by atoms with van der Waals surface area (Å²) in [6, 6.07) is 0. The SMILES string of the molecule is CCN(CC)C(=O)OCCCCCCCCCCCSC1OC2OC(C)CCC3C(C)CCC(C1C)C23OO. The zero-order valence-electron chi connectivity index (χ0n) is 25.4. The third kappa shape index (κ3) is 8.50. The van der Waals surface area contributed by atoms with Crippen molar-refractivity contribution >= 4 is 17.9 Å². The lowest BCUT2D eigenvalue weighted by atomic mass is 9.58. The summed E-state index contributed by atoms with van der Waals surface area (Å²) >= 11 is 1.93. The molecule has 0 aromatic carbocycles. The average Bonchev–Trinajstić information content (AvgIpc) is 3.07. The quantitative estimate of drug-likeness (QED) is 0.114. The Labute approximate surface area is 242 Å². The number of unbranched alkanes of at least 4 members (excludes halogenated alkanes) is 8. The highest BCUT2D eigenvalue weighted by molar-refractivity contribution is 7.99. The Kier molecular flexibility index (Phi) is 14.2. The van der Waals surface area contributed by atoms with Crippen molar-refractivity contribution in [2.45, 2.75) is 142 Å². The zero-order chi connectivity index (χ0) is 28.3. The average molecular weight is 572 g/mol. The normalized spacial score (nSPS) is 34.3. The van der Waals surface area contributed by atoms with Crippen molar-refractivity contribution in [2.75, 3.05) is 25.4 Å². The van der Waals surface area contributed by atoms with Crippen LogP contribution >= 0.6 is 11.8 Å². The first kappa shape index (κ1) is 33.0. The van der Waals surface area contributed by atoms with Gasteiger partial charge in [0.25, 0.3) is 0 Å². The predicted octanol–water partition coefficient (Wildman–Crippen LogP) is 8.12. The fraction of sp³-hybridized carbons (Fsp3) is 0.968. The predicted molar refractivity (Wildman–Crippen MR) is 158 cm³/mol. The van der Waals surface area contributed by atoms with Gasteiger partial charge in [-0.3, -0.25) is 5.26 Å². The van der Waals surface area contributed by atoms with Gasteiger partial charge in [-0.1, -0.05) is 58.8 Å². The zero-order valence-corrected chi connectivity index (χ0v) is 26.2. The van der Waals surface area contributed by atoms with E-state index in [-0.39, 0.29) is 29.5 Å². The van der Waals surface area contributed by atoms with E-state index in [1.165, 1.54) is 51.4 Å². The van der Waals surface area contributed by atoms with Crippen LogP contribution in [0.2, 0.25) is 0 Å². The molecule has 8 atom stereocenters. The van der Waals surface area contributed by atoms with E-state index in [0.29, 0.717) is 31.5 Å². The van der Waals surface area contributed by atoms with Crippen LogP contribution in [0.4, 0.5) is 4.79 Å². The molecule has 2 saturated heterocycles. The minimum absolute atomic E-state index is 0.0916. The van der Waals surface area contributed by atoms with Crippen LogP contribution in [0.3, 0.4) is 0 Å². The van der Waals surface area contributed by atoms with Crippen LogP contribution in [0, 0.1) is 23.7 Å². The summed E-state index contributed by atoms with van der Waals surface area (Å²) in [6.45, 7) is 12.6. The Morgan fingerprint density at radius 2 is 1.49 bits per heavy atom. The van der Waals surface area contributed by atoms with Gasteiger partial charge in [0.1, 0.15) is 5.44 Å². The van der Waals surface area contributed by atoms with Gasteiger partial charge in [0.2, 0.25) is 0 Å². The van der Waals surface area contributed by atoms with Crippen molar-refractivity contribution in [3.05, 3.63) is 0 Å². The second kappa shape index (κ2) is 16.8. The molecule has 3 fully saturated rings. The Morgan fingerprint density at radius 3 is 2.13 bits per heavy atom. The number of ether oxygens (including phenoxy) is 3. The Morgan fingerprint density at radius 1 is 0.872 bits per heavy atom. The molecule has 7 nitrogen and oxygen atoms in total. The first-order valence-electron chi connectivity index (χ1n) is 16.1. The first-order valence-corrected chi connectivity index (χ1v) is 17.1. The molecular weight excluding hydrogens is 514 g/mol. The molecule has 228 valence electrons. The maximum absolute atomic E-state index is 11.8. The number of carbonyl (C=O) groups is 1. The number of thioether (sulfide) groups is 1. The molecule has 1 aliphatic carbocycles. The number of nitrogens with zero attached hydrogens (tertiary/aromatic N) is 1. The maximum Gasteiger partial charge on any atom is 0.409 e. The van der Waals surface area contributed by atoms with E-state index in [0.717, 1.165) is 37.9 Å². The number of rotatable bonds is 16. The molecule has 8 unspecified atom stereocenters. The van der Waals surface area contributed by atoms with Crippen molar-refractivity contribution in [3.8, 4) is 0 Å². The third-order valence-electron chi connectivity index (χ3n) is 9.69. The fourth-order valence-corrected chi connectivity index (χ4v) is 8.51. The lowest BCUT2D eigenvalue weighted by molar-refractivity contribution is -0.438. The van der Waals surface area contributed by atoms with E-state index in [2.05, 4.69) is 20.8 Å². The summed E-state index contributed by atoms with van der Waals surface area (Å²) in [5.41, 5.74) is -0.636. The van der Waals surface area contributed by atoms with Gasteiger partial charge in [-0.25, -0.2) is 9.68 Å². The fourth-order valence-electron chi connectivity index (χ4n) is 7.24. The molecule has 3 rings (SSSR count). The highest BCUT2D eigenvalue weighted by Crippen LogP contribution is 2.57. The number of carbonyl (C=O) groups excluding carboxylic acids is 1. The van der Waals surface area contributed by atoms with Gasteiger partial charge in [-0.2, -0.15) is 0 Å². The van der Waals surface area contributed by atoms with Gasteiger partial charge in [0.15, 0.2) is 11.9 Å². The van der Waals surface area contributed by atoms with Crippen LogP contribution < -0.4 is 0 Å². The second-order valence-corrected chi connectivity index (χ2v) is 13.5. The van der Waals surface area contributed by atoms with Crippen LogP contribution in [-0.2, 0) is 19.1 Å². The van der Waals surface area contributed by atoms with E-state index in [4.69, 9.17) is 19.1 Å². The van der Waals surface area contributed by atoms with Gasteiger partial charge < -0.3 is 19.1 Å². The van der Waals surface area contributed by atoms with E-state index in [9.17, 15) is 10.1 Å². The minimum Gasteiger partial charge on any atom is -0.449 e. The van der Waals surface area contributed by atoms with Crippen LogP contribution in [0.25, 0.3) is 0 Å². The van der Waals surface area contributed by atoms with Gasteiger partial charge >= 0.3 is 6.09 Å². The van der Waals surface area contributed by atoms with Gasteiger partial charge in [-0.15, -0.1) is 11.8 Å². The molecule has 0 bridgehead atoms. The summed E-state index contributed by atoms with van der Waals surface area (Å²) in [5.74, 6) is 2.47. The second-order valence-electron chi connectivity index (χ2n) is 12.3. The number of hydrogen-bond donors (Lipinski definition) is 1. The maximum atomic E-state index is 11.8. The van der Waals surface area contributed by atoms with Crippen molar-refractivity contribution in [2.24, 2.45) is 23.7 Å². The largest absolute Gasteiger partial charge is 0.449 e. The molecule has 0 radical (unpaired) electrons. The molecule has 39 heavy (non-hydrogen) atoms. The van der Waals surface area contributed by atoms with E-state index >= 15 is 0 Å². The summed E-state index contributed by atoms with van der Waals surface area (Å²) in [6.07, 6.45) is 14.6. The molecule has 0 spiro atoms. The molecule has 2 aliphatic heterocycles. The van der Waals surface area contributed by atoms with E-state index in [1.807, 2.05) is 25.6 Å². The third-order valence-corrected chi connectivity index (χ3v) is 11.1. The van der Waals surface area contributed by atoms with Crippen LogP contribution in [0.15, 0.2) is 0 Å². The lowest BCUT2D eigenvalue weighted by Crippen LogP contribution is -2.66. The summed E-state index contributed by atoms with van der Waals surface area (Å²) < 4.78 is 18.3. The van der Waals surface area contributed by atoms with Crippen LogP contribution in [0.5, 0.6) is 0 Å². The van der Waals surface area contributed by atoms with E-state index in [1.54, 1.807) is 4.90 Å². The standard InChI is InChI=1S/C31H57NO6S/c1-6-32(7-2)30(33)35-21-15-13-11-9-8-10-12-14-16-22-39-28-25(5)27-19-17-23(3)26-20-18-24(4)36-29(37-28)31(26,27)38-34/h23-29,34H,6-22H2,1-5H3. The molecule has 1 N–H and O–H groups in total. The Bertz CT molecular complexity index is 709. The minimum atomic E-state index is -0.728. The summed E-state index contributed by atoms with van der Waals surface area (Å²) in [5, 5.41) is 10.3. The van der Waals surface area contributed by atoms with Gasteiger partial charge in [0.05, 0.1) is 12.7 Å². The molecule has 8 heteroatoms. The van der Waals surface area contributed by atoms with Crippen molar-refractivity contribution in [1.82, 2.24) is 4.90 Å². The van der Waals surface area contributed by atoms with Crippen LogP contribution in [-0.4, -0.2) is 65.1 Å². The summed E-state index contributed by atoms with van der Waals surface area (Å²) in [7, 11) is 0. The smallest absolute Gasteiger partial charge is 0.409 e. The topological polar surface area (TPSA) is 77.5 Å². The number of amides is 1. The molecule has 1 amide bonds. The monoisotopic (exact) mass is 571 g/mol. The highest BCUT2D eigenvalue weighted by Gasteiger charge is 2.64. The Hall–Kier alpha value is -0.540.